The van der Waals surface area contributed by atoms with Gasteiger partial charge in [0.15, 0.2) is 5.52 Å². The van der Waals surface area contributed by atoms with Gasteiger partial charge < -0.3 is 0 Å². The Bertz CT molecular complexity index is 1340. The first-order valence-electron chi connectivity index (χ1n) is 8.61. The van der Waals surface area contributed by atoms with E-state index in [2.05, 4.69) is 38.4 Å². The molecule has 0 fully saturated rings. The van der Waals surface area contributed by atoms with Gasteiger partial charge in [-0.15, -0.1) is 0 Å². The molecule has 130 valence electrons. The molecular formula is C21H15N5O. The van der Waals surface area contributed by atoms with E-state index in [0.717, 1.165) is 27.6 Å². The molecule has 0 saturated carbocycles. The van der Waals surface area contributed by atoms with E-state index in [1.54, 1.807) is 29.2 Å². The highest BCUT2D eigenvalue weighted by atomic mass is 16.1. The summed E-state index contributed by atoms with van der Waals surface area (Å²) in [6, 6.07) is 17.8. The minimum absolute atomic E-state index is 0.136. The Morgan fingerprint density at radius 2 is 1.93 bits per heavy atom. The average Bonchev–Trinajstić information content (AvgIpc) is 3.19. The summed E-state index contributed by atoms with van der Waals surface area (Å²) < 4.78 is 1.59. The van der Waals surface area contributed by atoms with Crippen molar-refractivity contribution in [1.82, 2.24) is 24.7 Å². The minimum atomic E-state index is -0.136. The number of nitrogens with zero attached hydrogens (tertiary/aromatic N) is 4. The van der Waals surface area contributed by atoms with E-state index in [1.165, 1.54) is 0 Å². The van der Waals surface area contributed by atoms with Crippen LogP contribution < -0.4 is 5.56 Å². The van der Waals surface area contributed by atoms with Gasteiger partial charge >= 0.3 is 0 Å². The van der Waals surface area contributed by atoms with Crippen molar-refractivity contribution in [1.29, 1.82) is 0 Å². The van der Waals surface area contributed by atoms with Crippen molar-refractivity contribution in [3.63, 3.8) is 0 Å². The number of aromatic nitrogens is 5. The maximum absolute atomic E-state index is 12.7. The van der Waals surface area contributed by atoms with Crippen LogP contribution in [-0.4, -0.2) is 24.7 Å². The third-order valence-corrected chi connectivity index (χ3v) is 4.66. The second-order valence-electron chi connectivity index (χ2n) is 6.39. The standard InChI is InChI=1S/C21H15N5O/c27-21-20-19(8-3-9-22-20)23-13-26(21)12-14-4-1-5-15(10-14)16-6-2-7-18-17(16)11-24-25-18/h1-11,13H,12H2,(H,24,25). The molecule has 2 aromatic carbocycles. The summed E-state index contributed by atoms with van der Waals surface area (Å²) in [5.74, 6) is 0. The SMILES string of the molecule is O=c1c2ncccc2ncn1Cc1cccc(-c2cccc3[nH]ncc23)c1. The van der Waals surface area contributed by atoms with Gasteiger partial charge in [-0.2, -0.15) is 5.10 Å². The number of aromatic amines is 1. The van der Waals surface area contributed by atoms with Gasteiger partial charge in [-0.1, -0.05) is 30.3 Å². The highest BCUT2D eigenvalue weighted by molar-refractivity contribution is 5.94. The summed E-state index contributed by atoms with van der Waals surface area (Å²) in [5, 5.41) is 8.20. The lowest BCUT2D eigenvalue weighted by molar-refractivity contribution is 0.746. The van der Waals surface area contributed by atoms with Gasteiger partial charge in [0.25, 0.3) is 5.56 Å². The topological polar surface area (TPSA) is 76.5 Å². The monoisotopic (exact) mass is 353 g/mol. The molecule has 6 nitrogen and oxygen atoms in total. The van der Waals surface area contributed by atoms with Crippen LogP contribution in [0.3, 0.4) is 0 Å². The van der Waals surface area contributed by atoms with Gasteiger partial charge in [0.1, 0.15) is 0 Å². The van der Waals surface area contributed by atoms with Crippen molar-refractivity contribution >= 4 is 21.9 Å². The van der Waals surface area contributed by atoms with E-state index in [9.17, 15) is 4.79 Å². The molecule has 0 aliphatic rings. The van der Waals surface area contributed by atoms with Gasteiger partial charge in [0.05, 0.1) is 30.1 Å². The summed E-state index contributed by atoms with van der Waals surface area (Å²) in [6.45, 7) is 0.438. The number of rotatable bonds is 3. The van der Waals surface area contributed by atoms with E-state index in [4.69, 9.17) is 0 Å². The van der Waals surface area contributed by atoms with Crippen molar-refractivity contribution in [3.05, 3.63) is 89.2 Å². The van der Waals surface area contributed by atoms with Crippen LogP contribution in [0, 0.1) is 0 Å². The van der Waals surface area contributed by atoms with Crippen LogP contribution in [0.1, 0.15) is 5.56 Å². The molecule has 0 aliphatic carbocycles. The third kappa shape index (κ3) is 2.67. The predicted octanol–water partition coefficient (Wildman–Crippen LogP) is 3.38. The number of benzene rings is 2. The molecule has 5 rings (SSSR count). The van der Waals surface area contributed by atoms with Gasteiger partial charge in [0.2, 0.25) is 0 Å². The van der Waals surface area contributed by atoms with E-state index >= 15 is 0 Å². The van der Waals surface area contributed by atoms with E-state index in [0.29, 0.717) is 17.6 Å². The largest absolute Gasteiger partial charge is 0.293 e. The number of fused-ring (bicyclic) bond motifs is 2. The lowest BCUT2D eigenvalue weighted by Crippen LogP contribution is -2.21. The van der Waals surface area contributed by atoms with Crippen LogP contribution in [0.5, 0.6) is 0 Å². The average molecular weight is 353 g/mol. The first-order chi connectivity index (χ1) is 13.3. The molecule has 3 heterocycles. The van der Waals surface area contributed by atoms with E-state index < -0.39 is 0 Å². The van der Waals surface area contributed by atoms with Crippen molar-refractivity contribution < 1.29 is 0 Å². The molecule has 6 heteroatoms. The number of hydrogen-bond donors (Lipinski definition) is 1. The fourth-order valence-electron chi connectivity index (χ4n) is 3.35. The highest BCUT2D eigenvalue weighted by Gasteiger charge is 2.08. The fourth-order valence-corrected chi connectivity index (χ4v) is 3.35. The van der Waals surface area contributed by atoms with Crippen LogP contribution in [0.2, 0.25) is 0 Å². The second kappa shape index (κ2) is 6.17. The maximum Gasteiger partial charge on any atom is 0.280 e. The molecule has 0 atom stereocenters. The van der Waals surface area contributed by atoms with E-state index in [-0.39, 0.29) is 5.56 Å². The van der Waals surface area contributed by atoms with Gasteiger partial charge in [-0.25, -0.2) is 9.97 Å². The number of pyridine rings is 1. The molecule has 3 aromatic heterocycles. The number of H-pyrrole nitrogens is 1. The number of hydrogen-bond acceptors (Lipinski definition) is 4. The summed E-state index contributed by atoms with van der Waals surface area (Å²) in [5.41, 5.74) is 5.07. The van der Waals surface area contributed by atoms with Crippen LogP contribution in [-0.2, 0) is 6.54 Å². The molecule has 0 spiro atoms. The quantitative estimate of drug-likeness (QED) is 0.539. The van der Waals surface area contributed by atoms with Crippen molar-refractivity contribution in [3.8, 4) is 11.1 Å². The van der Waals surface area contributed by atoms with Crippen molar-refractivity contribution in [2.75, 3.05) is 0 Å². The Balaban J connectivity index is 1.56. The summed E-state index contributed by atoms with van der Waals surface area (Å²) in [4.78, 5) is 21.2. The zero-order chi connectivity index (χ0) is 18.2. The van der Waals surface area contributed by atoms with Gasteiger partial charge in [-0.05, 0) is 41.0 Å². The molecule has 0 saturated heterocycles. The molecule has 27 heavy (non-hydrogen) atoms. The van der Waals surface area contributed by atoms with Crippen LogP contribution in [0.4, 0.5) is 0 Å². The second-order valence-corrected chi connectivity index (χ2v) is 6.39. The smallest absolute Gasteiger partial charge is 0.280 e. The first-order valence-corrected chi connectivity index (χ1v) is 8.61. The summed E-state index contributed by atoms with van der Waals surface area (Å²) in [6.07, 6.45) is 5.03. The molecule has 0 radical (unpaired) electrons. The van der Waals surface area contributed by atoms with E-state index in [1.807, 2.05) is 30.5 Å². The third-order valence-electron chi connectivity index (χ3n) is 4.66. The summed E-state index contributed by atoms with van der Waals surface area (Å²) >= 11 is 0. The minimum Gasteiger partial charge on any atom is -0.293 e. The van der Waals surface area contributed by atoms with Crippen molar-refractivity contribution in [2.24, 2.45) is 0 Å². The molecule has 5 aromatic rings. The van der Waals surface area contributed by atoms with Crippen LogP contribution >= 0.6 is 0 Å². The first kappa shape index (κ1) is 15.5. The Labute approximate surface area is 154 Å². The number of nitrogens with one attached hydrogen (secondary N) is 1. The Kier molecular flexibility index (Phi) is 3.53. The van der Waals surface area contributed by atoms with Crippen molar-refractivity contribution in [2.45, 2.75) is 6.54 Å². The fraction of sp³-hybridized carbons (Fsp3) is 0.0476. The zero-order valence-electron chi connectivity index (χ0n) is 14.3. The molecule has 0 unspecified atom stereocenters. The molecule has 0 amide bonds. The van der Waals surface area contributed by atoms with Crippen LogP contribution in [0.25, 0.3) is 33.1 Å². The van der Waals surface area contributed by atoms with Gasteiger partial charge in [-0.3, -0.25) is 14.5 Å². The molecule has 1 N–H and O–H groups in total. The Hall–Kier alpha value is -3.80. The lowest BCUT2D eigenvalue weighted by Gasteiger charge is -2.09. The predicted molar refractivity (Wildman–Crippen MR) is 104 cm³/mol. The van der Waals surface area contributed by atoms with Crippen LogP contribution in [0.15, 0.2) is 78.1 Å². The summed E-state index contributed by atoms with van der Waals surface area (Å²) in [7, 11) is 0. The lowest BCUT2D eigenvalue weighted by atomic mass is 10.00. The molecular weight excluding hydrogens is 338 g/mol. The molecule has 0 aliphatic heterocycles. The normalized spacial score (nSPS) is 11.3. The highest BCUT2D eigenvalue weighted by Crippen LogP contribution is 2.28. The van der Waals surface area contributed by atoms with Gasteiger partial charge in [0, 0.05) is 11.6 Å². The maximum atomic E-state index is 12.7. The molecule has 0 bridgehead atoms. The Morgan fingerprint density at radius 1 is 1.00 bits per heavy atom. The Morgan fingerprint density at radius 3 is 2.89 bits per heavy atom. The zero-order valence-corrected chi connectivity index (χ0v) is 14.3.